The minimum atomic E-state index is -0.574. The Bertz CT molecular complexity index is 265. The molecule has 0 aromatic carbocycles. The highest BCUT2D eigenvalue weighted by Gasteiger charge is 2.09. The van der Waals surface area contributed by atoms with Gasteiger partial charge in [-0.15, -0.1) is 0 Å². The van der Waals surface area contributed by atoms with Crippen LogP contribution in [0.4, 0.5) is 5.69 Å². The Morgan fingerprint density at radius 3 is 2.50 bits per heavy atom. The van der Waals surface area contributed by atoms with E-state index in [-0.39, 0.29) is 10.8 Å². The van der Waals surface area contributed by atoms with Crippen LogP contribution in [0.3, 0.4) is 0 Å². The zero-order chi connectivity index (χ0) is 9.56. The van der Waals surface area contributed by atoms with E-state index in [9.17, 15) is 10.1 Å². The summed E-state index contributed by atoms with van der Waals surface area (Å²) in [4.78, 5) is 13.1. The van der Waals surface area contributed by atoms with E-state index >= 15 is 0 Å². The van der Waals surface area contributed by atoms with Crippen molar-refractivity contribution in [3.63, 3.8) is 0 Å². The maximum Gasteiger partial charge on any atom is 0.306 e. The summed E-state index contributed by atoms with van der Waals surface area (Å²) in [6.45, 7) is 4.00. The van der Waals surface area contributed by atoms with Crippen LogP contribution in [0.15, 0.2) is 18.3 Å². The van der Waals surface area contributed by atoms with Gasteiger partial charge in [0.1, 0.15) is 0 Å². The molecular formula is C7H9ClN2O2. The fourth-order valence-electron chi connectivity index (χ4n) is 0.514. The summed E-state index contributed by atoms with van der Waals surface area (Å²) in [5.74, 6) is 0. The summed E-state index contributed by atoms with van der Waals surface area (Å²) in [5, 5.41) is 10.0. The van der Waals surface area contributed by atoms with Gasteiger partial charge in [0.2, 0.25) is 5.15 Å². The first-order valence-electron chi connectivity index (χ1n) is 3.46. The average Bonchev–Trinajstić information content (AvgIpc) is 2.08. The van der Waals surface area contributed by atoms with Crippen molar-refractivity contribution in [1.29, 1.82) is 0 Å². The Morgan fingerprint density at radius 2 is 2.17 bits per heavy atom. The van der Waals surface area contributed by atoms with Crippen LogP contribution in [-0.4, -0.2) is 9.91 Å². The summed E-state index contributed by atoms with van der Waals surface area (Å²) < 4.78 is 0. The molecule has 1 rings (SSSR count). The second kappa shape index (κ2) is 5.49. The zero-order valence-electron chi connectivity index (χ0n) is 6.82. The molecule has 0 radical (unpaired) electrons. The van der Waals surface area contributed by atoms with Gasteiger partial charge < -0.3 is 0 Å². The lowest BCUT2D eigenvalue weighted by atomic mass is 10.4. The van der Waals surface area contributed by atoms with Gasteiger partial charge in [-0.3, -0.25) is 10.1 Å². The van der Waals surface area contributed by atoms with Gasteiger partial charge in [-0.05, 0) is 6.07 Å². The number of aromatic nitrogens is 1. The highest BCUT2D eigenvalue weighted by atomic mass is 35.5. The second-order valence-corrected chi connectivity index (χ2v) is 1.93. The number of halogens is 1. The topological polar surface area (TPSA) is 56.0 Å². The Hall–Kier alpha value is -1.16. The number of nitro groups is 1. The van der Waals surface area contributed by atoms with Crippen molar-refractivity contribution >= 4 is 17.3 Å². The van der Waals surface area contributed by atoms with Crippen molar-refractivity contribution in [2.75, 3.05) is 0 Å². The van der Waals surface area contributed by atoms with Gasteiger partial charge >= 0.3 is 5.69 Å². The van der Waals surface area contributed by atoms with Crippen molar-refractivity contribution in [1.82, 2.24) is 4.98 Å². The van der Waals surface area contributed by atoms with Gasteiger partial charge in [-0.1, -0.05) is 25.4 Å². The zero-order valence-corrected chi connectivity index (χ0v) is 7.58. The number of rotatable bonds is 1. The summed E-state index contributed by atoms with van der Waals surface area (Å²) in [7, 11) is 0. The minimum Gasteiger partial charge on any atom is -0.258 e. The molecule has 1 aromatic rings. The molecule has 0 saturated heterocycles. The molecule has 0 bridgehead atoms. The standard InChI is InChI=1S/C5H3ClN2O2.C2H6/c6-5-4(8(9)10)2-1-3-7-5;1-2/h1-3H;1-2H3. The van der Waals surface area contributed by atoms with E-state index in [1.54, 1.807) is 0 Å². The quantitative estimate of drug-likeness (QED) is 0.387. The molecule has 0 fully saturated rings. The van der Waals surface area contributed by atoms with Gasteiger partial charge in [0.05, 0.1) is 4.92 Å². The monoisotopic (exact) mass is 188 g/mol. The Kier molecular flexibility index (Phi) is 4.96. The Labute approximate surface area is 75.3 Å². The predicted molar refractivity (Wildman–Crippen MR) is 47.2 cm³/mol. The predicted octanol–water partition coefficient (Wildman–Crippen LogP) is 2.67. The summed E-state index contributed by atoms with van der Waals surface area (Å²) >= 11 is 5.37. The third-order valence-corrected chi connectivity index (χ3v) is 1.23. The molecular weight excluding hydrogens is 180 g/mol. The molecule has 0 N–H and O–H groups in total. The van der Waals surface area contributed by atoms with Crippen LogP contribution in [0.5, 0.6) is 0 Å². The third-order valence-electron chi connectivity index (χ3n) is 0.936. The number of hydrogen-bond acceptors (Lipinski definition) is 3. The molecule has 4 nitrogen and oxygen atoms in total. The van der Waals surface area contributed by atoms with Gasteiger partial charge in [0.25, 0.3) is 0 Å². The second-order valence-electron chi connectivity index (χ2n) is 1.57. The van der Waals surface area contributed by atoms with Gasteiger partial charge in [-0.2, -0.15) is 0 Å². The van der Waals surface area contributed by atoms with Crippen LogP contribution in [-0.2, 0) is 0 Å². The molecule has 0 spiro atoms. The fourth-order valence-corrected chi connectivity index (χ4v) is 0.702. The molecule has 0 amide bonds. The van der Waals surface area contributed by atoms with Crippen LogP contribution in [0.2, 0.25) is 5.15 Å². The highest BCUT2D eigenvalue weighted by Crippen LogP contribution is 2.19. The fraction of sp³-hybridized carbons (Fsp3) is 0.286. The van der Waals surface area contributed by atoms with E-state index in [2.05, 4.69) is 4.98 Å². The largest absolute Gasteiger partial charge is 0.306 e. The minimum absolute atomic E-state index is 0.0764. The third kappa shape index (κ3) is 2.84. The molecule has 0 atom stereocenters. The van der Waals surface area contributed by atoms with Gasteiger partial charge in [0.15, 0.2) is 0 Å². The van der Waals surface area contributed by atoms with Crippen LogP contribution in [0, 0.1) is 10.1 Å². The summed E-state index contributed by atoms with van der Waals surface area (Å²) in [6.07, 6.45) is 1.40. The molecule has 1 heterocycles. The first-order valence-corrected chi connectivity index (χ1v) is 3.84. The lowest BCUT2D eigenvalue weighted by molar-refractivity contribution is -0.385. The van der Waals surface area contributed by atoms with E-state index in [0.717, 1.165) is 0 Å². The molecule has 66 valence electrons. The number of pyridine rings is 1. The van der Waals surface area contributed by atoms with E-state index in [1.807, 2.05) is 13.8 Å². The van der Waals surface area contributed by atoms with Crippen molar-refractivity contribution in [3.05, 3.63) is 33.6 Å². The first-order chi connectivity index (χ1) is 5.72. The number of hydrogen-bond donors (Lipinski definition) is 0. The Balaban J connectivity index is 0.000000561. The average molecular weight is 189 g/mol. The van der Waals surface area contributed by atoms with E-state index in [1.165, 1.54) is 18.3 Å². The molecule has 0 saturated carbocycles. The summed E-state index contributed by atoms with van der Waals surface area (Å²) in [6, 6.07) is 2.76. The normalized spacial score (nSPS) is 8.25. The highest BCUT2D eigenvalue weighted by molar-refractivity contribution is 6.31. The van der Waals surface area contributed by atoms with Crippen LogP contribution < -0.4 is 0 Å². The summed E-state index contributed by atoms with van der Waals surface area (Å²) in [5.41, 5.74) is -0.163. The van der Waals surface area contributed by atoms with E-state index in [0.29, 0.717) is 0 Å². The van der Waals surface area contributed by atoms with Gasteiger partial charge in [-0.25, -0.2) is 4.98 Å². The van der Waals surface area contributed by atoms with Crippen LogP contribution in [0.1, 0.15) is 13.8 Å². The molecule has 0 unspecified atom stereocenters. The SMILES string of the molecule is CC.O=[N+]([O-])c1cccnc1Cl. The lowest BCUT2D eigenvalue weighted by Gasteiger charge is -1.89. The van der Waals surface area contributed by atoms with E-state index < -0.39 is 4.92 Å². The Morgan fingerprint density at radius 1 is 1.58 bits per heavy atom. The molecule has 0 aliphatic heterocycles. The van der Waals surface area contributed by atoms with Crippen molar-refractivity contribution in [2.24, 2.45) is 0 Å². The first kappa shape index (κ1) is 10.8. The molecule has 5 heteroatoms. The smallest absolute Gasteiger partial charge is 0.258 e. The lowest BCUT2D eigenvalue weighted by Crippen LogP contribution is -1.89. The molecule has 0 aliphatic carbocycles. The molecule has 12 heavy (non-hydrogen) atoms. The van der Waals surface area contributed by atoms with E-state index in [4.69, 9.17) is 11.6 Å². The van der Waals surface area contributed by atoms with Crippen molar-refractivity contribution in [2.45, 2.75) is 13.8 Å². The van der Waals surface area contributed by atoms with Crippen molar-refractivity contribution < 1.29 is 4.92 Å². The van der Waals surface area contributed by atoms with Gasteiger partial charge in [0, 0.05) is 12.3 Å². The van der Waals surface area contributed by atoms with Crippen molar-refractivity contribution in [3.8, 4) is 0 Å². The molecule has 0 aliphatic rings. The molecule has 1 aromatic heterocycles. The maximum atomic E-state index is 10.1. The number of nitrogens with zero attached hydrogens (tertiary/aromatic N) is 2. The van der Waals surface area contributed by atoms with Crippen LogP contribution >= 0.6 is 11.6 Å². The van der Waals surface area contributed by atoms with Crippen LogP contribution in [0.25, 0.3) is 0 Å². The maximum absolute atomic E-state index is 10.1.